The fraction of sp³-hybridized carbons (Fsp3) is 0.680. The van der Waals surface area contributed by atoms with Gasteiger partial charge in [-0.25, -0.2) is 13.1 Å². The van der Waals surface area contributed by atoms with Gasteiger partial charge in [-0.15, -0.1) is 12.4 Å². The molecule has 8 nitrogen and oxygen atoms in total. The number of sulfonamides is 1. The Morgan fingerprint density at radius 3 is 2.37 bits per heavy atom. The molecular weight excluding hydrogens is 488 g/mol. The molecular formula is C25H41ClN4O4S. The molecule has 198 valence electrons. The molecule has 0 unspecified atom stereocenters. The Morgan fingerprint density at radius 2 is 1.74 bits per heavy atom. The average molecular weight is 529 g/mol. The summed E-state index contributed by atoms with van der Waals surface area (Å²) in [5.74, 6) is -0.110. The van der Waals surface area contributed by atoms with Gasteiger partial charge in [-0.3, -0.25) is 9.59 Å². The van der Waals surface area contributed by atoms with Crippen LogP contribution in [0.25, 0.3) is 0 Å². The first kappa shape index (κ1) is 29.5. The van der Waals surface area contributed by atoms with E-state index in [0.717, 1.165) is 32.1 Å². The summed E-state index contributed by atoms with van der Waals surface area (Å²) in [5, 5.41) is 3.04. The van der Waals surface area contributed by atoms with Crippen LogP contribution in [-0.2, 0) is 25.4 Å². The minimum atomic E-state index is -3.73. The first-order valence-electron chi connectivity index (χ1n) is 12.5. The minimum absolute atomic E-state index is 0. The number of carbonyl (C=O) groups is 2. The van der Waals surface area contributed by atoms with Gasteiger partial charge in [-0.2, -0.15) is 0 Å². The second-order valence-corrected chi connectivity index (χ2v) is 12.0. The van der Waals surface area contributed by atoms with E-state index in [1.807, 2.05) is 19.9 Å². The third-order valence-corrected chi connectivity index (χ3v) is 8.18. The molecule has 0 bridgehead atoms. The van der Waals surface area contributed by atoms with Crippen LogP contribution >= 0.6 is 12.4 Å². The van der Waals surface area contributed by atoms with E-state index in [2.05, 4.69) is 10.0 Å². The van der Waals surface area contributed by atoms with Crippen LogP contribution in [0.15, 0.2) is 30.3 Å². The van der Waals surface area contributed by atoms with E-state index in [4.69, 9.17) is 5.73 Å². The molecule has 1 heterocycles. The number of likely N-dealkylation sites (tertiary alicyclic amines) is 1. The smallest absolute Gasteiger partial charge is 0.242 e. The van der Waals surface area contributed by atoms with Gasteiger partial charge in [-0.1, -0.05) is 44.2 Å². The summed E-state index contributed by atoms with van der Waals surface area (Å²) in [6.45, 7) is 4.97. The maximum atomic E-state index is 13.5. The number of rotatable bonds is 10. The predicted molar refractivity (Wildman–Crippen MR) is 140 cm³/mol. The fourth-order valence-electron chi connectivity index (χ4n) is 4.98. The van der Waals surface area contributed by atoms with Gasteiger partial charge in [-0.05, 0) is 62.3 Å². The highest BCUT2D eigenvalue weighted by atomic mass is 35.5. The standard InChI is InChI=1S/C25H40N4O4S.ClH/c1-18(2)15-22(28-34(32,33)17-20-7-4-3-5-8-20)25(31)29-14-6-9-23(29)24(30)27-16-19-10-12-21(26)13-11-19;/h3-5,7-8,18-19,21-23,28H,6,9-17,26H2,1-2H3,(H,27,30);1H/t19-,21-,22-,23+;/m1./s1. The lowest BCUT2D eigenvalue weighted by Crippen LogP contribution is -2.54. The number of hydrogen-bond donors (Lipinski definition) is 3. The van der Waals surface area contributed by atoms with Crippen LogP contribution in [0.4, 0.5) is 0 Å². The molecule has 0 spiro atoms. The van der Waals surface area contributed by atoms with E-state index in [0.29, 0.717) is 37.4 Å². The molecule has 1 aliphatic carbocycles. The van der Waals surface area contributed by atoms with Crippen molar-refractivity contribution in [2.75, 3.05) is 13.1 Å². The highest BCUT2D eigenvalue weighted by molar-refractivity contribution is 7.88. The first-order chi connectivity index (χ1) is 16.1. The van der Waals surface area contributed by atoms with Crippen LogP contribution in [0.1, 0.15) is 64.4 Å². The van der Waals surface area contributed by atoms with Crippen LogP contribution in [0, 0.1) is 11.8 Å². The molecule has 10 heteroatoms. The van der Waals surface area contributed by atoms with E-state index >= 15 is 0 Å². The van der Waals surface area contributed by atoms with Crippen LogP contribution in [0.5, 0.6) is 0 Å². The molecule has 0 aromatic heterocycles. The van der Waals surface area contributed by atoms with E-state index < -0.39 is 22.1 Å². The van der Waals surface area contributed by atoms with Gasteiger partial charge < -0.3 is 16.0 Å². The largest absolute Gasteiger partial charge is 0.354 e. The van der Waals surface area contributed by atoms with Crippen molar-refractivity contribution < 1.29 is 18.0 Å². The van der Waals surface area contributed by atoms with Gasteiger partial charge >= 0.3 is 0 Å². The molecule has 1 aromatic rings. The van der Waals surface area contributed by atoms with E-state index in [9.17, 15) is 18.0 Å². The number of carbonyl (C=O) groups excluding carboxylic acids is 2. The lowest BCUT2D eigenvalue weighted by Gasteiger charge is -2.30. The summed E-state index contributed by atoms with van der Waals surface area (Å²) in [6, 6.07) is 7.73. The summed E-state index contributed by atoms with van der Waals surface area (Å²) < 4.78 is 28.3. The topological polar surface area (TPSA) is 122 Å². The molecule has 1 saturated carbocycles. The summed E-state index contributed by atoms with van der Waals surface area (Å²) in [5.41, 5.74) is 6.63. The van der Waals surface area contributed by atoms with Crippen LogP contribution in [0.2, 0.25) is 0 Å². The molecule has 3 rings (SSSR count). The van der Waals surface area contributed by atoms with Gasteiger partial charge in [0, 0.05) is 19.1 Å². The van der Waals surface area contributed by atoms with Crippen molar-refractivity contribution in [3.63, 3.8) is 0 Å². The van der Waals surface area contributed by atoms with Gasteiger partial charge in [0.15, 0.2) is 0 Å². The van der Waals surface area contributed by atoms with Crippen molar-refractivity contribution in [3.8, 4) is 0 Å². The number of nitrogens with one attached hydrogen (secondary N) is 2. The molecule has 4 N–H and O–H groups in total. The van der Waals surface area contributed by atoms with Gasteiger partial charge in [0.2, 0.25) is 21.8 Å². The maximum Gasteiger partial charge on any atom is 0.242 e. The van der Waals surface area contributed by atoms with Gasteiger partial charge in [0.05, 0.1) is 5.75 Å². The number of benzene rings is 1. The number of nitrogens with two attached hydrogens (primary N) is 1. The second-order valence-electron chi connectivity index (χ2n) is 10.3. The van der Waals surface area contributed by atoms with Gasteiger partial charge in [0.1, 0.15) is 12.1 Å². The Labute approximate surface area is 216 Å². The monoisotopic (exact) mass is 528 g/mol. The molecule has 35 heavy (non-hydrogen) atoms. The van der Waals surface area contributed by atoms with E-state index in [1.165, 1.54) is 0 Å². The van der Waals surface area contributed by atoms with Crippen molar-refractivity contribution in [3.05, 3.63) is 35.9 Å². The summed E-state index contributed by atoms with van der Waals surface area (Å²) >= 11 is 0. The van der Waals surface area contributed by atoms with Crippen molar-refractivity contribution in [1.29, 1.82) is 0 Å². The molecule has 1 saturated heterocycles. The quantitative estimate of drug-likeness (QED) is 0.431. The van der Waals surface area contributed by atoms with Crippen molar-refractivity contribution in [2.45, 2.75) is 82.7 Å². The number of amides is 2. The number of nitrogens with zero attached hydrogens (tertiary/aromatic N) is 1. The Morgan fingerprint density at radius 1 is 1.09 bits per heavy atom. The third kappa shape index (κ3) is 9.04. The Kier molecular flexibility index (Phi) is 11.5. The molecule has 2 amide bonds. The molecule has 1 aromatic carbocycles. The normalized spacial score (nSPS) is 23.5. The average Bonchev–Trinajstić information content (AvgIpc) is 3.27. The minimum Gasteiger partial charge on any atom is -0.354 e. The Balaban J connectivity index is 0.00000432. The summed E-state index contributed by atoms with van der Waals surface area (Å²) in [4.78, 5) is 28.0. The van der Waals surface area contributed by atoms with Crippen LogP contribution < -0.4 is 15.8 Å². The zero-order valence-corrected chi connectivity index (χ0v) is 22.5. The van der Waals surface area contributed by atoms with Crippen molar-refractivity contribution in [1.82, 2.24) is 14.9 Å². The lowest BCUT2D eigenvalue weighted by molar-refractivity contribution is -0.140. The zero-order valence-electron chi connectivity index (χ0n) is 20.8. The number of halogens is 1. The lowest BCUT2D eigenvalue weighted by atomic mass is 9.86. The maximum absolute atomic E-state index is 13.5. The molecule has 2 aliphatic rings. The Hall–Kier alpha value is -1.68. The molecule has 1 aliphatic heterocycles. The van der Waals surface area contributed by atoms with E-state index in [1.54, 1.807) is 29.2 Å². The van der Waals surface area contributed by atoms with Gasteiger partial charge in [0.25, 0.3) is 0 Å². The Bertz CT molecular complexity index is 921. The van der Waals surface area contributed by atoms with Crippen LogP contribution in [0.3, 0.4) is 0 Å². The van der Waals surface area contributed by atoms with Crippen molar-refractivity contribution >= 4 is 34.2 Å². The predicted octanol–water partition coefficient (Wildman–Crippen LogP) is 2.57. The third-order valence-electron chi connectivity index (χ3n) is 6.82. The summed E-state index contributed by atoms with van der Waals surface area (Å²) in [7, 11) is -3.73. The highest BCUT2D eigenvalue weighted by Gasteiger charge is 2.38. The molecule has 0 radical (unpaired) electrons. The molecule has 2 fully saturated rings. The molecule has 2 atom stereocenters. The number of hydrogen-bond acceptors (Lipinski definition) is 5. The second kappa shape index (κ2) is 13.6. The zero-order chi connectivity index (χ0) is 24.7. The first-order valence-corrected chi connectivity index (χ1v) is 14.2. The fourth-order valence-corrected chi connectivity index (χ4v) is 6.33. The van der Waals surface area contributed by atoms with Crippen LogP contribution in [-0.4, -0.2) is 56.3 Å². The SMILES string of the molecule is CC(C)C[C@@H](NS(=O)(=O)Cc1ccccc1)C(=O)N1CCC[C@H]1C(=O)NC[C@H]1CC[C@H](N)CC1.Cl. The van der Waals surface area contributed by atoms with E-state index in [-0.39, 0.29) is 41.9 Å². The van der Waals surface area contributed by atoms with Crippen molar-refractivity contribution in [2.24, 2.45) is 17.6 Å². The highest BCUT2D eigenvalue weighted by Crippen LogP contribution is 2.24. The summed E-state index contributed by atoms with van der Waals surface area (Å²) in [6.07, 6.45) is 5.68.